The molecular weight excluding hydrogens is 184 g/mol. The van der Waals surface area contributed by atoms with E-state index in [2.05, 4.69) is 5.32 Å². The lowest BCUT2D eigenvalue weighted by Gasteiger charge is -2.36. The van der Waals surface area contributed by atoms with Crippen LogP contribution in [0.3, 0.4) is 0 Å². The smallest absolute Gasteiger partial charge is 0.229 e. The molecule has 0 aromatic heterocycles. The van der Waals surface area contributed by atoms with E-state index in [1.165, 1.54) is 0 Å². The summed E-state index contributed by atoms with van der Waals surface area (Å²) in [7, 11) is 0. The molecule has 1 saturated heterocycles. The maximum absolute atomic E-state index is 11.3. The Morgan fingerprint density at radius 3 is 2.43 bits per heavy atom. The van der Waals surface area contributed by atoms with Crippen LogP contribution >= 0.6 is 0 Å². The molecule has 80 valence electrons. The SMILES string of the molecule is CC(C)C(=O)NC(=O)CC1(N)COC1. The first-order chi connectivity index (χ1) is 6.43. The van der Waals surface area contributed by atoms with Gasteiger partial charge in [0.1, 0.15) is 0 Å². The highest BCUT2D eigenvalue weighted by Crippen LogP contribution is 2.17. The molecule has 0 aliphatic carbocycles. The average molecular weight is 200 g/mol. The largest absolute Gasteiger partial charge is 0.377 e. The summed E-state index contributed by atoms with van der Waals surface area (Å²) < 4.78 is 4.90. The molecule has 0 saturated carbocycles. The van der Waals surface area contributed by atoms with Crippen LogP contribution in [0, 0.1) is 5.92 Å². The zero-order chi connectivity index (χ0) is 10.8. The second kappa shape index (κ2) is 4.06. The average Bonchev–Trinajstić information content (AvgIpc) is 2.00. The van der Waals surface area contributed by atoms with Gasteiger partial charge in [0.15, 0.2) is 0 Å². The fraction of sp³-hybridized carbons (Fsp3) is 0.778. The normalized spacial score (nSPS) is 18.9. The first-order valence-electron chi connectivity index (χ1n) is 4.63. The van der Waals surface area contributed by atoms with E-state index in [0.29, 0.717) is 13.2 Å². The van der Waals surface area contributed by atoms with Crippen LogP contribution in [-0.4, -0.2) is 30.6 Å². The number of hydrogen-bond donors (Lipinski definition) is 2. The van der Waals surface area contributed by atoms with Crippen LogP contribution < -0.4 is 11.1 Å². The molecule has 0 radical (unpaired) electrons. The summed E-state index contributed by atoms with van der Waals surface area (Å²) in [5.74, 6) is -0.779. The van der Waals surface area contributed by atoms with Gasteiger partial charge in [0.2, 0.25) is 11.8 Å². The number of carbonyl (C=O) groups excluding carboxylic acids is 2. The minimum absolute atomic E-state index is 0.144. The Morgan fingerprint density at radius 1 is 1.50 bits per heavy atom. The molecule has 0 unspecified atom stereocenters. The highest BCUT2D eigenvalue weighted by Gasteiger charge is 2.36. The lowest BCUT2D eigenvalue weighted by molar-refractivity contribution is -0.136. The summed E-state index contributed by atoms with van der Waals surface area (Å²) in [4.78, 5) is 22.4. The number of nitrogens with one attached hydrogen (secondary N) is 1. The Morgan fingerprint density at radius 2 is 2.07 bits per heavy atom. The lowest BCUT2D eigenvalue weighted by atomic mass is 9.94. The van der Waals surface area contributed by atoms with Gasteiger partial charge in [0.25, 0.3) is 0 Å². The fourth-order valence-corrected chi connectivity index (χ4v) is 1.11. The van der Waals surface area contributed by atoms with Crippen LogP contribution in [0.1, 0.15) is 20.3 Å². The molecule has 3 N–H and O–H groups in total. The van der Waals surface area contributed by atoms with Crippen LogP contribution in [0.2, 0.25) is 0 Å². The molecule has 0 spiro atoms. The minimum atomic E-state index is -0.568. The van der Waals surface area contributed by atoms with E-state index < -0.39 is 5.54 Å². The quantitative estimate of drug-likeness (QED) is 0.637. The van der Waals surface area contributed by atoms with Gasteiger partial charge in [0, 0.05) is 12.3 Å². The summed E-state index contributed by atoms with van der Waals surface area (Å²) in [5.41, 5.74) is 5.19. The number of carbonyl (C=O) groups is 2. The van der Waals surface area contributed by atoms with Crippen LogP contribution in [0.5, 0.6) is 0 Å². The Bertz CT molecular complexity index is 246. The molecule has 0 atom stereocenters. The topological polar surface area (TPSA) is 81.4 Å². The van der Waals surface area contributed by atoms with Gasteiger partial charge in [-0.2, -0.15) is 0 Å². The Kier molecular flexibility index (Phi) is 3.23. The predicted octanol–water partition coefficient (Wildman–Crippen LogP) is -0.597. The third-order valence-corrected chi connectivity index (χ3v) is 2.08. The van der Waals surface area contributed by atoms with Crippen LogP contribution in [0.15, 0.2) is 0 Å². The van der Waals surface area contributed by atoms with E-state index in [-0.39, 0.29) is 24.2 Å². The van der Waals surface area contributed by atoms with Crippen molar-refractivity contribution in [3.63, 3.8) is 0 Å². The number of hydrogen-bond acceptors (Lipinski definition) is 4. The maximum Gasteiger partial charge on any atom is 0.229 e. The van der Waals surface area contributed by atoms with E-state index >= 15 is 0 Å². The van der Waals surface area contributed by atoms with Crippen molar-refractivity contribution in [2.75, 3.05) is 13.2 Å². The van der Waals surface area contributed by atoms with Crippen molar-refractivity contribution in [2.45, 2.75) is 25.8 Å². The molecule has 0 aromatic rings. The number of rotatable bonds is 3. The van der Waals surface area contributed by atoms with Crippen molar-refractivity contribution in [1.82, 2.24) is 5.32 Å². The van der Waals surface area contributed by atoms with Crippen molar-refractivity contribution >= 4 is 11.8 Å². The second-order valence-corrected chi connectivity index (χ2v) is 4.10. The molecule has 14 heavy (non-hydrogen) atoms. The number of imide groups is 1. The molecule has 5 nitrogen and oxygen atoms in total. The van der Waals surface area contributed by atoms with Crippen LogP contribution in [0.4, 0.5) is 0 Å². The Balaban J connectivity index is 2.32. The fourth-order valence-electron chi connectivity index (χ4n) is 1.11. The first kappa shape index (κ1) is 11.1. The lowest BCUT2D eigenvalue weighted by Crippen LogP contribution is -2.59. The third kappa shape index (κ3) is 2.78. The highest BCUT2D eigenvalue weighted by molar-refractivity contribution is 5.96. The zero-order valence-electron chi connectivity index (χ0n) is 8.50. The van der Waals surface area contributed by atoms with Crippen LogP contribution in [-0.2, 0) is 14.3 Å². The van der Waals surface area contributed by atoms with E-state index in [9.17, 15) is 9.59 Å². The van der Waals surface area contributed by atoms with Gasteiger partial charge in [-0.25, -0.2) is 0 Å². The van der Waals surface area contributed by atoms with Crippen LogP contribution in [0.25, 0.3) is 0 Å². The summed E-state index contributed by atoms with van der Waals surface area (Å²) in [5, 5.41) is 2.29. The summed E-state index contributed by atoms with van der Waals surface area (Å²) in [6.45, 7) is 4.23. The predicted molar refractivity (Wildman–Crippen MR) is 50.3 cm³/mol. The Labute approximate surface area is 83.0 Å². The molecular formula is C9H16N2O3. The number of ether oxygens (including phenoxy) is 1. The van der Waals surface area contributed by atoms with Gasteiger partial charge >= 0.3 is 0 Å². The van der Waals surface area contributed by atoms with Crippen molar-refractivity contribution in [3.05, 3.63) is 0 Å². The Hall–Kier alpha value is -0.940. The van der Waals surface area contributed by atoms with Gasteiger partial charge < -0.3 is 10.5 Å². The van der Waals surface area contributed by atoms with Gasteiger partial charge in [-0.1, -0.05) is 13.8 Å². The third-order valence-electron chi connectivity index (χ3n) is 2.08. The van der Waals surface area contributed by atoms with Crippen molar-refractivity contribution in [1.29, 1.82) is 0 Å². The summed E-state index contributed by atoms with van der Waals surface area (Å²) in [6, 6.07) is 0. The molecule has 0 aromatic carbocycles. The first-order valence-corrected chi connectivity index (χ1v) is 4.63. The monoisotopic (exact) mass is 200 g/mol. The minimum Gasteiger partial charge on any atom is -0.377 e. The zero-order valence-corrected chi connectivity index (χ0v) is 8.50. The van der Waals surface area contributed by atoms with E-state index in [1.807, 2.05) is 0 Å². The highest BCUT2D eigenvalue weighted by atomic mass is 16.5. The van der Waals surface area contributed by atoms with Gasteiger partial charge in [-0.05, 0) is 0 Å². The molecule has 0 bridgehead atoms. The van der Waals surface area contributed by atoms with E-state index in [4.69, 9.17) is 10.5 Å². The van der Waals surface area contributed by atoms with E-state index in [1.54, 1.807) is 13.8 Å². The van der Waals surface area contributed by atoms with Crippen molar-refractivity contribution < 1.29 is 14.3 Å². The van der Waals surface area contributed by atoms with E-state index in [0.717, 1.165) is 0 Å². The molecule has 1 rings (SSSR count). The molecule has 2 amide bonds. The molecule has 1 heterocycles. The van der Waals surface area contributed by atoms with Gasteiger partial charge in [-0.3, -0.25) is 14.9 Å². The second-order valence-electron chi connectivity index (χ2n) is 4.10. The number of amides is 2. The standard InChI is InChI=1S/C9H16N2O3/c1-6(2)8(13)11-7(12)3-9(10)4-14-5-9/h6H,3-5,10H2,1-2H3,(H,11,12,13). The van der Waals surface area contributed by atoms with Crippen molar-refractivity contribution in [3.8, 4) is 0 Å². The summed E-state index contributed by atoms with van der Waals surface area (Å²) >= 11 is 0. The van der Waals surface area contributed by atoms with Gasteiger partial charge in [-0.15, -0.1) is 0 Å². The number of nitrogens with two attached hydrogens (primary N) is 1. The molecule has 5 heteroatoms. The molecule has 1 aliphatic rings. The molecule has 1 fully saturated rings. The maximum atomic E-state index is 11.3. The molecule has 1 aliphatic heterocycles. The van der Waals surface area contributed by atoms with Crippen molar-refractivity contribution in [2.24, 2.45) is 11.7 Å². The summed E-state index contributed by atoms with van der Waals surface area (Å²) in [6.07, 6.45) is 0.144. The van der Waals surface area contributed by atoms with Gasteiger partial charge in [0.05, 0.1) is 18.8 Å².